The summed E-state index contributed by atoms with van der Waals surface area (Å²) in [6.45, 7) is 5.40. The van der Waals surface area contributed by atoms with E-state index in [-0.39, 0.29) is 17.0 Å². The van der Waals surface area contributed by atoms with Gasteiger partial charge in [-0.25, -0.2) is 4.79 Å². The fraction of sp³-hybridized carbons (Fsp3) is 0.826. The zero-order chi connectivity index (χ0) is 18.6. The number of rotatable bonds is 1. The van der Waals surface area contributed by atoms with E-state index in [1.807, 2.05) is 0 Å². The second-order valence-corrected chi connectivity index (χ2v) is 10.7. The van der Waals surface area contributed by atoms with Gasteiger partial charge in [-0.2, -0.15) is 0 Å². The third-order valence-corrected chi connectivity index (χ3v) is 10.0. The van der Waals surface area contributed by atoms with E-state index >= 15 is 0 Å². The third kappa shape index (κ3) is 1.89. The molecule has 0 N–H and O–H groups in total. The van der Waals surface area contributed by atoms with Crippen LogP contribution < -0.4 is 0 Å². The number of cyclic esters (lactones) is 1. The molecule has 1 saturated heterocycles. The topological polar surface area (TPSA) is 55.9 Å². The fourth-order valence-corrected chi connectivity index (χ4v) is 8.63. The normalized spacial score (nSPS) is 55.8. The van der Waals surface area contributed by atoms with Crippen molar-refractivity contribution in [2.75, 3.05) is 6.61 Å². The van der Waals surface area contributed by atoms with E-state index < -0.39 is 0 Å². The van der Waals surface area contributed by atoms with E-state index in [4.69, 9.17) is 9.47 Å². The average molecular weight is 370 g/mol. The molecule has 0 aromatic carbocycles. The van der Waals surface area contributed by atoms with Crippen molar-refractivity contribution in [1.82, 2.24) is 0 Å². The summed E-state index contributed by atoms with van der Waals surface area (Å²) in [5.41, 5.74) is 1.67. The lowest BCUT2D eigenvalue weighted by Gasteiger charge is -2.60. The van der Waals surface area contributed by atoms with Gasteiger partial charge in [0.15, 0.2) is 0 Å². The summed E-state index contributed by atoms with van der Waals surface area (Å²) in [5, 5.41) is 0. The Hall–Kier alpha value is -1.16. The van der Waals surface area contributed by atoms with Crippen molar-refractivity contribution in [3.8, 4) is 0 Å². The van der Waals surface area contributed by atoms with E-state index in [0.29, 0.717) is 47.6 Å². The van der Waals surface area contributed by atoms with Gasteiger partial charge in [-0.1, -0.05) is 13.8 Å². The summed E-state index contributed by atoms with van der Waals surface area (Å²) >= 11 is 0. The fourth-order valence-electron chi connectivity index (χ4n) is 8.63. The Morgan fingerprint density at radius 1 is 1.07 bits per heavy atom. The Morgan fingerprint density at radius 2 is 1.93 bits per heavy atom. The van der Waals surface area contributed by atoms with Crippen molar-refractivity contribution in [3.05, 3.63) is 11.6 Å². The molecule has 4 saturated carbocycles. The lowest BCUT2D eigenvalue weighted by molar-refractivity contribution is -0.146. The van der Waals surface area contributed by atoms with Crippen molar-refractivity contribution >= 4 is 11.8 Å². The van der Waals surface area contributed by atoms with Crippen LogP contribution in [-0.4, -0.2) is 30.1 Å². The number of epoxide rings is 1. The van der Waals surface area contributed by atoms with Crippen LogP contribution in [-0.2, 0) is 19.1 Å². The summed E-state index contributed by atoms with van der Waals surface area (Å²) in [6.07, 6.45) is 10.7. The van der Waals surface area contributed by atoms with Crippen LogP contribution in [0.1, 0.15) is 65.2 Å². The molecule has 6 rings (SSSR count). The van der Waals surface area contributed by atoms with Crippen LogP contribution in [0.15, 0.2) is 11.6 Å². The minimum atomic E-state index is -0.169. The molecule has 8 atom stereocenters. The number of carbonyl (C=O) groups excluding carboxylic acids is 2. The number of hydrogen-bond donors (Lipinski definition) is 0. The highest BCUT2D eigenvalue weighted by Gasteiger charge is 2.80. The van der Waals surface area contributed by atoms with E-state index in [1.165, 1.54) is 31.3 Å². The zero-order valence-corrected chi connectivity index (χ0v) is 16.5. The molecule has 0 aromatic rings. The molecule has 0 unspecified atom stereocenters. The largest absolute Gasteiger partial charge is 0.458 e. The molecule has 0 bridgehead atoms. The first-order valence-corrected chi connectivity index (χ1v) is 11.0. The number of fused-ring (bicyclic) bond motifs is 3. The molecule has 4 heteroatoms. The van der Waals surface area contributed by atoms with E-state index in [1.54, 1.807) is 6.08 Å². The highest BCUT2D eigenvalue weighted by Crippen LogP contribution is 2.77. The standard InChI is InChI=1S/C23H30O4/c1-21-7-5-15(24)10-14(21)3-4-17-16(21)6-8-22(2)18(11-19-23(17,22)27-19)13-9-20(25)26-12-13/h9,14,16-19H,3-8,10-12H2,1-2H3/t14-,16-,17+,18+,19+,21-,22+,23+/m0/s1. The van der Waals surface area contributed by atoms with Gasteiger partial charge in [0.25, 0.3) is 0 Å². The van der Waals surface area contributed by atoms with Crippen molar-refractivity contribution in [2.24, 2.45) is 34.5 Å². The second-order valence-electron chi connectivity index (χ2n) is 10.7. The van der Waals surface area contributed by atoms with Gasteiger partial charge >= 0.3 is 5.97 Å². The van der Waals surface area contributed by atoms with Gasteiger partial charge in [0, 0.05) is 24.3 Å². The molecule has 4 aliphatic carbocycles. The minimum absolute atomic E-state index is 0.0164. The molecule has 6 aliphatic rings. The summed E-state index contributed by atoms with van der Waals surface area (Å²) in [7, 11) is 0. The maximum atomic E-state index is 12.1. The smallest absolute Gasteiger partial charge is 0.331 e. The van der Waals surface area contributed by atoms with Crippen molar-refractivity contribution in [1.29, 1.82) is 0 Å². The summed E-state index contributed by atoms with van der Waals surface area (Å²) < 4.78 is 11.8. The minimum Gasteiger partial charge on any atom is -0.458 e. The molecule has 27 heavy (non-hydrogen) atoms. The van der Waals surface area contributed by atoms with Crippen molar-refractivity contribution in [2.45, 2.75) is 76.9 Å². The first-order chi connectivity index (χ1) is 12.9. The highest BCUT2D eigenvalue weighted by atomic mass is 16.6. The molecule has 0 radical (unpaired) electrons. The number of ether oxygens (including phenoxy) is 2. The molecule has 2 aliphatic heterocycles. The predicted octanol–water partition coefficient (Wildman–Crippen LogP) is 3.83. The Morgan fingerprint density at radius 3 is 2.70 bits per heavy atom. The van der Waals surface area contributed by atoms with Crippen LogP contribution in [0.5, 0.6) is 0 Å². The monoisotopic (exact) mass is 370 g/mol. The summed E-state index contributed by atoms with van der Waals surface area (Å²) in [6, 6.07) is 0. The first kappa shape index (κ1) is 16.8. The average Bonchev–Trinajstić information content (AvgIpc) is 3.09. The lowest BCUT2D eigenvalue weighted by Crippen LogP contribution is -2.58. The molecule has 4 nitrogen and oxygen atoms in total. The molecule has 1 spiro atoms. The van der Waals surface area contributed by atoms with Crippen LogP contribution in [0.25, 0.3) is 0 Å². The van der Waals surface area contributed by atoms with E-state index in [0.717, 1.165) is 25.7 Å². The Bertz CT molecular complexity index is 770. The molecule has 0 aromatic heterocycles. The first-order valence-electron chi connectivity index (χ1n) is 11.0. The van der Waals surface area contributed by atoms with Gasteiger partial charge < -0.3 is 9.47 Å². The number of carbonyl (C=O) groups is 2. The lowest BCUT2D eigenvalue weighted by atomic mass is 9.44. The number of Topliss-reactive ketones (excluding diaryl/α,β-unsaturated/α-hetero) is 1. The van der Waals surface area contributed by atoms with Gasteiger partial charge in [0.1, 0.15) is 18.0 Å². The maximum Gasteiger partial charge on any atom is 0.331 e. The van der Waals surface area contributed by atoms with Crippen LogP contribution in [0.2, 0.25) is 0 Å². The quantitative estimate of drug-likeness (QED) is 0.520. The van der Waals surface area contributed by atoms with Gasteiger partial charge in [-0.15, -0.1) is 0 Å². The van der Waals surface area contributed by atoms with Gasteiger partial charge in [-0.3, -0.25) is 4.79 Å². The Kier molecular flexibility index (Phi) is 3.14. The molecule has 0 amide bonds. The molecular weight excluding hydrogens is 340 g/mol. The Balaban J connectivity index is 1.35. The maximum absolute atomic E-state index is 12.1. The number of esters is 1. The molecule has 2 heterocycles. The third-order valence-electron chi connectivity index (χ3n) is 10.0. The van der Waals surface area contributed by atoms with Crippen LogP contribution in [0.3, 0.4) is 0 Å². The summed E-state index contributed by atoms with van der Waals surface area (Å²) in [4.78, 5) is 23.7. The van der Waals surface area contributed by atoms with Crippen molar-refractivity contribution in [3.63, 3.8) is 0 Å². The predicted molar refractivity (Wildman–Crippen MR) is 98.8 cm³/mol. The Labute approximate surface area is 161 Å². The van der Waals surface area contributed by atoms with Gasteiger partial charge in [0.2, 0.25) is 0 Å². The van der Waals surface area contributed by atoms with Crippen LogP contribution in [0.4, 0.5) is 0 Å². The van der Waals surface area contributed by atoms with Gasteiger partial charge in [0.05, 0.1) is 6.10 Å². The van der Waals surface area contributed by atoms with E-state index in [2.05, 4.69) is 13.8 Å². The highest BCUT2D eigenvalue weighted by molar-refractivity contribution is 5.85. The zero-order valence-electron chi connectivity index (χ0n) is 16.5. The molecule has 146 valence electrons. The number of ketones is 1. The van der Waals surface area contributed by atoms with Crippen molar-refractivity contribution < 1.29 is 19.1 Å². The number of hydrogen-bond acceptors (Lipinski definition) is 4. The van der Waals surface area contributed by atoms with Crippen LogP contribution >= 0.6 is 0 Å². The SMILES string of the molecule is C[C@]12CCC(=O)C[C@@H]1CC[C@@H]1[C@@H]2CC[C@]2(C)[C@@H](C3=CC(=O)OC3)C[C@H]3O[C@]132. The molecule has 5 fully saturated rings. The van der Waals surface area contributed by atoms with Crippen LogP contribution in [0, 0.1) is 34.5 Å². The second kappa shape index (κ2) is 5.06. The molecular formula is C23H30O4. The van der Waals surface area contributed by atoms with E-state index in [9.17, 15) is 9.59 Å². The summed E-state index contributed by atoms with van der Waals surface area (Å²) in [5.74, 6) is 2.64. The van der Waals surface area contributed by atoms with Gasteiger partial charge in [-0.05, 0) is 73.2 Å².